The number of rotatable bonds is 3. The van der Waals surface area contributed by atoms with Crippen molar-refractivity contribution in [1.29, 1.82) is 0 Å². The number of nitrogens with one attached hydrogen (secondary N) is 1. The number of hydrogen-bond donors (Lipinski definition) is 1. The summed E-state index contributed by atoms with van der Waals surface area (Å²) in [6.07, 6.45) is 5.22. The highest BCUT2D eigenvalue weighted by molar-refractivity contribution is 5.95. The quantitative estimate of drug-likeness (QED) is 0.868. The Kier molecular flexibility index (Phi) is 4.25. The van der Waals surface area contributed by atoms with E-state index in [1.165, 1.54) is 16.8 Å². The Hall–Kier alpha value is -1.81. The zero-order chi connectivity index (χ0) is 14.7. The molecule has 2 aliphatic heterocycles. The van der Waals surface area contributed by atoms with Crippen molar-refractivity contribution in [2.45, 2.75) is 19.3 Å². The van der Waals surface area contributed by atoms with Crippen LogP contribution in [0.5, 0.6) is 0 Å². The number of aryl methyl sites for hydroxylation is 1. The lowest BCUT2D eigenvalue weighted by Gasteiger charge is -2.27. The Morgan fingerprint density at radius 3 is 3.05 bits per heavy atom. The highest BCUT2D eigenvalue weighted by atomic mass is 16.5. The van der Waals surface area contributed by atoms with Crippen molar-refractivity contribution in [3.05, 3.63) is 41.0 Å². The SMILES string of the molecule is COCC1=CCN(C(=O)c2ccc3c(c2)CCCN3)CC1. The number of nitrogens with zero attached hydrogens (tertiary/aromatic N) is 1. The summed E-state index contributed by atoms with van der Waals surface area (Å²) in [4.78, 5) is 14.5. The van der Waals surface area contributed by atoms with Gasteiger partial charge in [-0.05, 0) is 48.6 Å². The summed E-state index contributed by atoms with van der Waals surface area (Å²) >= 11 is 0. The van der Waals surface area contributed by atoms with Crippen LogP contribution in [0.15, 0.2) is 29.8 Å². The van der Waals surface area contributed by atoms with Crippen LogP contribution in [0.25, 0.3) is 0 Å². The minimum atomic E-state index is 0.135. The monoisotopic (exact) mass is 286 g/mol. The van der Waals surface area contributed by atoms with Crippen LogP contribution in [0.3, 0.4) is 0 Å². The van der Waals surface area contributed by atoms with Gasteiger partial charge in [-0.25, -0.2) is 0 Å². The van der Waals surface area contributed by atoms with Gasteiger partial charge in [0.25, 0.3) is 5.91 Å². The molecule has 0 aliphatic carbocycles. The number of fused-ring (bicyclic) bond motifs is 1. The first-order valence-electron chi connectivity index (χ1n) is 7.61. The normalized spacial score (nSPS) is 17.8. The molecule has 0 atom stereocenters. The minimum absolute atomic E-state index is 0.135. The van der Waals surface area contributed by atoms with E-state index in [0.717, 1.165) is 37.9 Å². The van der Waals surface area contributed by atoms with Crippen molar-refractivity contribution in [1.82, 2.24) is 4.90 Å². The zero-order valence-electron chi connectivity index (χ0n) is 12.5. The van der Waals surface area contributed by atoms with E-state index in [1.807, 2.05) is 17.0 Å². The van der Waals surface area contributed by atoms with Crippen molar-refractivity contribution in [3.63, 3.8) is 0 Å². The number of amides is 1. The molecule has 0 saturated carbocycles. The molecular formula is C17H22N2O2. The maximum Gasteiger partial charge on any atom is 0.254 e. The number of anilines is 1. The van der Waals surface area contributed by atoms with Crippen molar-refractivity contribution in [3.8, 4) is 0 Å². The number of ether oxygens (including phenoxy) is 1. The highest BCUT2D eigenvalue weighted by Crippen LogP contribution is 2.24. The average molecular weight is 286 g/mol. The summed E-state index contributed by atoms with van der Waals surface area (Å²) in [6.45, 7) is 3.17. The van der Waals surface area contributed by atoms with Gasteiger partial charge in [-0.3, -0.25) is 4.79 Å². The zero-order valence-corrected chi connectivity index (χ0v) is 12.5. The maximum atomic E-state index is 12.6. The first-order valence-corrected chi connectivity index (χ1v) is 7.61. The third-order valence-electron chi connectivity index (χ3n) is 4.21. The first-order chi connectivity index (χ1) is 10.3. The van der Waals surface area contributed by atoms with E-state index in [0.29, 0.717) is 13.2 Å². The van der Waals surface area contributed by atoms with E-state index in [9.17, 15) is 4.79 Å². The predicted molar refractivity (Wildman–Crippen MR) is 83.7 cm³/mol. The van der Waals surface area contributed by atoms with Crippen molar-refractivity contribution < 1.29 is 9.53 Å². The van der Waals surface area contributed by atoms with E-state index < -0.39 is 0 Å². The summed E-state index contributed by atoms with van der Waals surface area (Å²) < 4.78 is 5.15. The fourth-order valence-electron chi connectivity index (χ4n) is 3.00. The van der Waals surface area contributed by atoms with Crippen LogP contribution in [0.1, 0.15) is 28.8 Å². The number of hydrogen-bond acceptors (Lipinski definition) is 3. The van der Waals surface area contributed by atoms with Crippen molar-refractivity contribution in [2.24, 2.45) is 0 Å². The standard InChI is InChI=1S/C17H22N2O2/c1-21-12-13-6-9-19(10-7-13)17(20)15-4-5-16-14(11-15)3-2-8-18-16/h4-6,11,18H,2-3,7-10,12H2,1H3. The summed E-state index contributed by atoms with van der Waals surface area (Å²) in [6, 6.07) is 6.03. The van der Waals surface area contributed by atoms with E-state index in [2.05, 4.69) is 17.5 Å². The Balaban J connectivity index is 1.71. The van der Waals surface area contributed by atoms with Crippen molar-refractivity contribution >= 4 is 11.6 Å². The van der Waals surface area contributed by atoms with Crippen LogP contribution in [0, 0.1) is 0 Å². The van der Waals surface area contributed by atoms with Crippen LogP contribution < -0.4 is 5.32 Å². The van der Waals surface area contributed by atoms with E-state index in [1.54, 1.807) is 7.11 Å². The van der Waals surface area contributed by atoms with Gasteiger partial charge in [-0.2, -0.15) is 0 Å². The fraction of sp³-hybridized carbons (Fsp3) is 0.471. The molecular weight excluding hydrogens is 264 g/mol. The topological polar surface area (TPSA) is 41.6 Å². The summed E-state index contributed by atoms with van der Waals surface area (Å²) in [7, 11) is 1.71. The van der Waals surface area contributed by atoms with Gasteiger partial charge in [0, 0.05) is 38.0 Å². The molecule has 0 unspecified atom stereocenters. The van der Waals surface area contributed by atoms with Crippen molar-refractivity contribution in [2.75, 3.05) is 38.7 Å². The van der Waals surface area contributed by atoms with Gasteiger partial charge in [0.1, 0.15) is 0 Å². The maximum absolute atomic E-state index is 12.6. The van der Waals surface area contributed by atoms with Crippen LogP contribution in [-0.2, 0) is 11.2 Å². The van der Waals surface area contributed by atoms with E-state index in [4.69, 9.17) is 4.74 Å². The lowest BCUT2D eigenvalue weighted by Crippen LogP contribution is -2.35. The second kappa shape index (κ2) is 6.31. The lowest BCUT2D eigenvalue weighted by molar-refractivity contribution is 0.0765. The molecule has 0 saturated heterocycles. The smallest absolute Gasteiger partial charge is 0.254 e. The highest BCUT2D eigenvalue weighted by Gasteiger charge is 2.20. The van der Waals surface area contributed by atoms with Gasteiger partial charge in [0.05, 0.1) is 6.61 Å². The molecule has 0 bridgehead atoms. The molecule has 1 N–H and O–H groups in total. The van der Waals surface area contributed by atoms with Crippen LogP contribution in [0.2, 0.25) is 0 Å². The molecule has 0 radical (unpaired) electrons. The van der Waals surface area contributed by atoms with Gasteiger partial charge >= 0.3 is 0 Å². The molecule has 21 heavy (non-hydrogen) atoms. The summed E-state index contributed by atoms with van der Waals surface area (Å²) in [5.41, 5.74) is 4.54. The first kappa shape index (κ1) is 14.1. The molecule has 4 nitrogen and oxygen atoms in total. The van der Waals surface area contributed by atoms with Crippen LogP contribution in [-0.4, -0.2) is 44.2 Å². The Labute approximate surface area is 125 Å². The van der Waals surface area contributed by atoms with Gasteiger partial charge in [-0.15, -0.1) is 0 Å². The third-order valence-corrected chi connectivity index (χ3v) is 4.21. The average Bonchev–Trinajstić information content (AvgIpc) is 2.55. The van der Waals surface area contributed by atoms with Crippen LogP contribution >= 0.6 is 0 Å². The second-order valence-electron chi connectivity index (χ2n) is 5.70. The molecule has 112 valence electrons. The number of methoxy groups -OCH3 is 1. The molecule has 0 fully saturated rings. The molecule has 2 aliphatic rings. The van der Waals surface area contributed by atoms with Gasteiger partial charge in [-0.1, -0.05) is 6.08 Å². The van der Waals surface area contributed by atoms with Gasteiger partial charge in [0.2, 0.25) is 0 Å². The second-order valence-corrected chi connectivity index (χ2v) is 5.70. The predicted octanol–water partition coefficient (Wildman–Crippen LogP) is 2.46. The van der Waals surface area contributed by atoms with Crippen LogP contribution in [0.4, 0.5) is 5.69 Å². The van der Waals surface area contributed by atoms with Gasteiger partial charge in [0.15, 0.2) is 0 Å². The molecule has 0 aromatic heterocycles. The number of carbonyl (C=O) groups is 1. The Morgan fingerprint density at radius 1 is 1.38 bits per heavy atom. The molecule has 1 aromatic rings. The van der Waals surface area contributed by atoms with Gasteiger partial charge < -0.3 is 15.0 Å². The molecule has 4 heteroatoms. The molecule has 2 heterocycles. The largest absolute Gasteiger partial charge is 0.385 e. The number of carbonyl (C=O) groups excluding carboxylic acids is 1. The summed E-state index contributed by atoms with van der Waals surface area (Å²) in [5.74, 6) is 0.135. The minimum Gasteiger partial charge on any atom is -0.385 e. The Morgan fingerprint density at radius 2 is 2.29 bits per heavy atom. The molecule has 3 rings (SSSR count). The molecule has 1 aromatic carbocycles. The summed E-state index contributed by atoms with van der Waals surface area (Å²) in [5, 5.41) is 3.38. The fourth-order valence-corrected chi connectivity index (χ4v) is 3.00. The van der Waals surface area contributed by atoms with E-state index in [-0.39, 0.29) is 5.91 Å². The van der Waals surface area contributed by atoms with E-state index >= 15 is 0 Å². The molecule has 1 amide bonds. The number of benzene rings is 1. The third kappa shape index (κ3) is 3.10. The Bertz CT molecular complexity index is 566. The lowest BCUT2D eigenvalue weighted by atomic mass is 10.00. The molecule has 0 spiro atoms.